The second-order valence-corrected chi connectivity index (χ2v) is 7.08. The van der Waals surface area contributed by atoms with E-state index in [-0.39, 0.29) is 0 Å². The third-order valence-electron chi connectivity index (χ3n) is 4.93. The Kier molecular flexibility index (Phi) is 5.33. The van der Waals surface area contributed by atoms with E-state index in [1.807, 2.05) is 67.2 Å². The van der Waals surface area contributed by atoms with Gasteiger partial charge in [-0.1, -0.05) is 24.1 Å². The first-order chi connectivity index (χ1) is 15.0. The van der Waals surface area contributed by atoms with Crippen molar-refractivity contribution < 1.29 is 9.47 Å². The van der Waals surface area contributed by atoms with Crippen LogP contribution in [0.4, 0.5) is 5.69 Å². The van der Waals surface area contributed by atoms with Gasteiger partial charge in [-0.2, -0.15) is 0 Å². The molecule has 0 saturated heterocycles. The van der Waals surface area contributed by atoms with Crippen LogP contribution in [0.2, 0.25) is 0 Å². The fraction of sp³-hybridized carbons (Fsp3) is 0.120. The number of hydrogen-bond acceptors (Lipinski definition) is 5. The van der Waals surface area contributed by atoms with E-state index in [2.05, 4.69) is 15.9 Å². The number of nitrogen functional groups attached to an aromatic ring is 1. The van der Waals surface area contributed by atoms with E-state index in [0.29, 0.717) is 28.8 Å². The van der Waals surface area contributed by atoms with Crippen LogP contribution in [-0.2, 0) is 7.05 Å². The smallest absolute Gasteiger partial charge is 0.219 e. The Morgan fingerprint density at radius 2 is 1.90 bits per heavy atom. The van der Waals surface area contributed by atoms with Crippen LogP contribution in [0.25, 0.3) is 22.4 Å². The van der Waals surface area contributed by atoms with Gasteiger partial charge in [0.2, 0.25) is 5.88 Å². The number of anilines is 1. The standard InChI is InChI=1S/C25H22N4O2/c1-5-18-13-22(30-4)20(14-27-18)25-24(21(26)15-29(25)3)17-9-11-19(12-10-17)31-23-8-6-7-16(2)28-23/h1,6-15H,26H2,2-4H3. The van der Waals surface area contributed by atoms with Gasteiger partial charge in [0.15, 0.2) is 0 Å². The van der Waals surface area contributed by atoms with Crippen molar-refractivity contribution in [2.75, 3.05) is 12.8 Å². The van der Waals surface area contributed by atoms with Crippen LogP contribution >= 0.6 is 0 Å². The summed E-state index contributed by atoms with van der Waals surface area (Å²) in [7, 11) is 3.54. The number of terminal acetylenes is 1. The molecule has 0 aliphatic rings. The monoisotopic (exact) mass is 410 g/mol. The van der Waals surface area contributed by atoms with Crippen LogP contribution in [0, 0.1) is 19.3 Å². The number of rotatable bonds is 5. The number of ether oxygens (including phenoxy) is 2. The molecule has 3 heterocycles. The highest BCUT2D eigenvalue weighted by Gasteiger charge is 2.20. The molecule has 0 atom stereocenters. The average molecular weight is 410 g/mol. The molecule has 2 N–H and O–H groups in total. The van der Waals surface area contributed by atoms with Crippen molar-refractivity contribution in [3.63, 3.8) is 0 Å². The quantitative estimate of drug-likeness (QED) is 0.477. The zero-order valence-electron chi connectivity index (χ0n) is 17.6. The minimum Gasteiger partial charge on any atom is -0.496 e. The number of nitrogens with zero attached hydrogens (tertiary/aromatic N) is 3. The van der Waals surface area contributed by atoms with Crippen molar-refractivity contribution in [3.8, 4) is 52.1 Å². The van der Waals surface area contributed by atoms with Crippen molar-refractivity contribution in [2.45, 2.75) is 6.92 Å². The molecule has 0 aliphatic carbocycles. The van der Waals surface area contributed by atoms with Crippen LogP contribution in [0.5, 0.6) is 17.4 Å². The molecule has 3 aromatic heterocycles. The molecule has 0 unspecified atom stereocenters. The van der Waals surface area contributed by atoms with Crippen molar-refractivity contribution in [3.05, 3.63) is 72.3 Å². The van der Waals surface area contributed by atoms with Crippen LogP contribution in [0.1, 0.15) is 11.4 Å². The molecular formula is C25H22N4O2. The van der Waals surface area contributed by atoms with Gasteiger partial charge >= 0.3 is 0 Å². The maximum absolute atomic E-state index is 6.38. The first-order valence-electron chi connectivity index (χ1n) is 9.68. The molecule has 4 rings (SSSR count). The molecule has 0 spiro atoms. The van der Waals surface area contributed by atoms with Crippen molar-refractivity contribution in [1.29, 1.82) is 0 Å². The minimum absolute atomic E-state index is 0.510. The molecule has 154 valence electrons. The summed E-state index contributed by atoms with van der Waals surface area (Å²) < 4.78 is 13.4. The van der Waals surface area contributed by atoms with Gasteiger partial charge in [-0.05, 0) is 30.7 Å². The molecule has 1 aromatic carbocycles. The van der Waals surface area contributed by atoms with Crippen LogP contribution in [0.3, 0.4) is 0 Å². The van der Waals surface area contributed by atoms with Gasteiger partial charge in [-0.25, -0.2) is 9.97 Å². The molecule has 0 amide bonds. The summed E-state index contributed by atoms with van der Waals surface area (Å²) in [5.74, 6) is 4.41. The number of nitrogens with two attached hydrogens (primary N) is 1. The lowest BCUT2D eigenvalue weighted by Gasteiger charge is -2.13. The van der Waals surface area contributed by atoms with E-state index in [0.717, 1.165) is 28.1 Å². The molecule has 0 radical (unpaired) electrons. The Morgan fingerprint density at radius 1 is 1.13 bits per heavy atom. The van der Waals surface area contributed by atoms with E-state index in [4.69, 9.17) is 21.6 Å². The van der Waals surface area contributed by atoms with E-state index in [9.17, 15) is 0 Å². The zero-order chi connectivity index (χ0) is 22.0. The van der Waals surface area contributed by atoms with Crippen molar-refractivity contribution in [2.24, 2.45) is 7.05 Å². The average Bonchev–Trinajstić information content (AvgIpc) is 3.07. The Morgan fingerprint density at radius 3 is 2.58 bits per heavy atom. The molecule has 0 fully saturated rings. The predicted octanol–water partition coefficient (Wildman–Crippen LogP) is 4.82. The van der Waals surface area contributed by atoms with Gasteiger partial charge in [-0.3, -0.25) is 0 Å². The van der Waals surface area contributed by atoms with E-state index in [1.54, 1.807) is 19.4 Å². The minimum atomic E-state index is 0.510. The normalized spacial score (nSPS) is 10.5. The third-order valence-corrected chi connectivity index (χ3v) is 4.93. The number of methoxy groups -OCH3 is 1. The maximum atomic E-state index is 6.38. The zero-order valence-corrected chi connectivity index (χ0v) is 17.6. The largest absolute Gasteiger partial charge is 0.496 e. The summed E-state index contributed by atoms with van der Waals surface area (Å²) in [5.41, 5.74) is 12.0. The number of hydrogen-bond donors (Lipinski definition) is 1. The predicted molar refractivity (Wildman–Crippen MR) is 122 cm³/mol. The van der Waals surface area contributed by atoms with E-state index in [1.165, 1.54) is 0 Å². The van der Waals surface area contributed by atoms with Gasteiger partial charge in [0, 0.05) is 42.8 Å². The Labute approximate surface area is 181 Å². The molecule has 0 aliphatic heterocycles. The van der Waals surface area contributed by atoms with Crippen LogP contribution < -0.4 is 15.2 Å². The molecule has 0 saturated carbocycles. The lowest BCUT2D eigenvalue weighted by Crippen LogP contribution is -1.97. The summed E-state index contributed by atoms with van der Waals surface area (Å²) in [6.07, 6.45) is 9.08. The molecule has 6 heteroatoms. The number of aromatic nitrogens is 3. The summed E-state index contributed by atoms with van der Waals surface area (Å²) in [5, 5.41) is 0. The second-order valence-electron chi connectivity index (χ2n) is 7.08. The van der Waals surface area contributed by atoms with Gasteiger partial charge in [-0.15, -0.1) is 6.42 Å². The summed E-state index contributed by atoms with van der Waals surface area (Å²) in [4.78, 5) is 8.71. The lowest BCUT2D eigenvalue weighted by molar-refractivity contribution is 0.415. The van der Waals surface area contributed by atoms with E-state index >= 15 is 0 Å². The molecule has 6 nitrogen and oxygen atoms in total. The maximum Gasteiger partial charge on any atom is 0.219 e. The SMILES string of the molecule is C#Cc1cc(OC)c(-c2c(-c3ccc(Oc4cccc(C)n4)cc3)c(N)cn2C)cn1. The highest BCUT2D eigenvalue weighted by atomic mass is 16.5. The number of pyridine rings is 2. The van der Waals surface area contributed by atoms with Gasteiger partial charge in [0.05, 0.1) is 24.1 Å². The van der Waals surface area contributed by atoms with Gasteiger partial charge < -0.3 is 19.8 Å². The third kappa shape index (κ3) is 3.94. The number of benzene rings is 1. The van der Waals surface area contributed by atoms with Crippen molar-refractivity contribution >= 4 is 5.69 Å². The Balaban J connectivity index is 1.74. The number of aryl methyl sites for hydroxylation is 2. The Hall–Kier alpha value is -4.24. The Bertz CT molecular complexity index is 1280. The molecule has 31 heavy (non-hydrogen) atoms. The second kappa shape index (κ2) is 8.25. The van der Waals surface area contributed by atoms with Crippen LogP contribution in [-0.4, -0.2) is 21.6 Å². The van der Waals surface area contributed by atoms with E-state index < -0.39 is 0 Å². The highest BCUT2D eigenvalue weighted by Crippen LogP contribution is 2.41. The van der Waals surface area contributed by atoms with Gasteiger partial charge in [0.1, 0.15) is 17.2 Å². The highest BCUT2D eigenvalue weighted by molar-refractivity contribution is 5.92. The first-order valence-corrected chi connectivity index (χ1v) is 9.68. The fourth-order valence-corrected chi connectivity index (χ4v) is 3.53. The summed E-state index contributed by atoms with van der Waals surface area (Å²) in [6, 6.07) is 15.1. The first kappa shape index (κ1) is 20.0. The summed E-state index contributed by atoms with van der Waals surface area (Å²) >= 11 is 0. The topological polar surface area (TPSA) is 75.2 Å². The molecule has 0 bridgehead atoms. The van der Waals surface area contributed by atoms with Crippen molar-refractivity contribution in [1.82, 2.24) is 14.5 Å². The molecule has 4 aromatic rings. The molecular weight excluding hydrogens is 388 g/mol. The lowest BCUT2D eigenvalue weighted by atomic mass is 10.00. The van der Waals surface area contributed by atoms with Gasteiger partial charge in [0.25, 0.3) is 0 Å². The summed E-state index contributed by atoms with van der Waals surface area (Å²) in [6.45, 7) is 1.93. The van der Waals surface area contributed by atoms with Crippen LogP contribution in [0.15, 0.2) is 60.9 Å². The fourth-order valence-electron chi connectivity index (χ4n) is 3.53.